The van der Waals surface area contributed by atoms with Crippen LogP contribution in [0.1, 0.15) is 51.4 Å². The second-order valence-electron chi connectivity index (χ2n) is 7.45. The topological polar surface area (TPSA) is 70.6 Å². The van der Waals surface area contributed by atoms with Crippen molar-refractivity contribution in [3.63, 3.8) is 0 Å². The maximum Gasteiger partial charge on any atom is 0.191 e. The number of thioether (sulfide) groups is 1. The van der Waals surface area contributed by atoms with Crippen LogP contribution >= 0.6 is 35.7 Å². The second kappa shape index (κ2) is 10.6. The largest absolute Gasteiger partial charge is 0.355 e. The molecule has 1 aliphatic carbocycles. The number of halogens is 1. The minimum Gasteiger partial charge on any atom is -0.355 e. The van der Waals surface area contributed by atoms with Gasteiger partial charge >= 0.3 is 0 Å². The van der Waals surface area contributed by atoms with Crippen molar-refractivity contribution >= 4 is 51.5 Å². The summed E-state index contributed by atoms with van der Waals surface area (Å²) in [6.45, 7) is 1.59. The number of nitrogens with one attached hydrogen (secondary N) is 2. The Morgan fingerprint density at radius 1 is 1.08 bits per heavy atom. The number of hydrogen-bond acceptors (Lipinski definition) is 4. The van der Waals surface area contributed by atoms with Gasteiger partial charge in [-0.15, -0.1) is 24.0 Å². The van der Waals surface area contributed by atoms with Gasteiger partial charge in [0.25, 0.3) is 0 Å². The number of hydrogen-bond donors (Lipinski definition) is 2. The molecule has 0 aromatic heterocycles. The Labute approximate surface area is 173 Å². The fraction of sp³-hybridized carbons (Fsp3) is 0.941. The molecule has 2 saturated heterocycles. The Balaban J connectivity index is 0.00000225. The number of guanidine groups is 1. The van der Waals surface area contributed by atoms with E-state index >= 15 is 0 Å². The van der Waals surface area contributed by atoms with Crippen LogP contribution in [0.15, 0.2) is 4.99 Å². The van der Waals surface area contributed by atoms with Crippen molar-refractivity contribution in [2.75, 3.05) is 30.3 Å². The van der Waals surface area contributed by atoms with Crippen molar-refractivity contribution in [1.29, 1.82) is 0 Å². The molecule has 3 fully saturated rings. The van der Waals surface area contributed by atoms with Gasteiger partial charge in [0.1, 0.15) is 0 Å². The molecular formula is C17H32IN3O2S2. The van der Waals surface area contributed by atoms with Crippen molar-refractivity contribution in [3.05, 3.63) is 0 Å². The molecule has 2 atom stereocenters. The van der Waals surface area contributed by atoms with E-state index in [1.54, 1.807) is 0 Å². The maximum absolute atomic E-state index is 11.6. The van der Waals surface area contributed by atoms with Crippen molar-refractivity contribution < 1.29 is 8.42 Å². The Morgan fingerprint density at radius 3 is 2.52 bits per heavy atom. The van der Waals surface area contributed by atoms with E-state index in [9.17, 15) is 8.42 Å². The zero-order valence-electron chi connectivity index (χ0n) is 14.9. The molecule has 3 aliphatic rings. The molecule has 0 aromatic carbocycles. The van der Waals surface area contributed by atoms with E-state index in [0.717, 1.165) is 18.9 Å². The second-order valence-corrected chi connectivity index (χ2v) is 11.1. The normalized spacial score (nSPS) is 30.0. The molecule has 146 valence electrons. The van der Waals surface area contributed by atoms with Crippen molar-refractivity contribution in [1.82, 2.24) is 10.6 Å². The first kappa shape index (κ1) is 21.6. The van der Waals surface area contributed by atoms with Crippen molar-refractivity contribution in [2.45, 2.75) is 62.7 Å². The molecule has 0 spiro atoms. The maximum atomic E-state index is 11.6. The molecule has 5 nitrogen and oxygen atoms in total. The standard InChI is InChI=1S/C17H31N3O2S2.HI/c21-24(22)10-8-14(13-24)11-18-17(19-12-16-7-4-9-23-16)20-15-5-2-1-3-6-15;/h14-16H,1-13H2,(H2,18,19,20);1H. The molecule has 25 heavy (non-hydrogen) atoms. The first-order valence-electron chi connectivity index (χ1n) is 9.47. The summed E-state index contributed by atoms with van der Waals surface area (Å²) in [6, 6.07) is 0.522. The summed E-state index contributed by atoms with van der Waals surface area (Å²) < 4.78 is 23.2. The smallest absolute Gasteiger partial charge is 0.191 e. The van der Waals surface area contributed by atoms with E-state index in [1.165, 1.54) is 50.7 Å². The van der Waals surface area contributed by atoms with Crippen molar-refractivity contribution in [2.24, 2.45) is 10.9 Å². The van der Waals surface area contributed by atoms with E-state index in [2.05, 4.69) is 10.6 Å². The number of aliphatic imine (C=N–C) groups is 1. The molecule has 2 unspecified atom stereocenters. The highest BCUT2D eigenvalue weighted by Crippen LogP contribution is 2.25. The molecule has 8 heteroatoms. The number of sulfone groups is 1. The quantitative estimate of drug-likeness (QED) is 0.345. The minimum absolute atomic E-state index is 0. The Kier molecular flexibility index (Phi) is 9.15. The summed E-state index contributed by atoms with van der Waals surface area (Å²) in [7, 11) is -2.81. The Bertz CT molecular complexity index is 530. The average molecular weight is 502 g/mol. The molecular weight excluding hydrogens is 469 g/mol. The van der Waals surface area contributed by atoms with Crippen LogP contribution in [0.4, 0.5) is 0 Å². The van der Waals surface area contributed by atoms with Crippen LogP contribution < -0.4 is 10.6 Å². The predicted octanol–water partition coefficient (Wildman–Crippen LogP) is 2.80. The highest BCUT2D eigenvalue weighted by atomic mass is 127. The van der Waals surface area contributed by atoms with Crippen LogP contribution in [0.2, 0.25) is 0 Å². The highest BCUT2D eigenvalue weighted by molar-refractivity contribution is 14.0. The summed E-state index contributed by atoms with van der Waals surface area (Å²) in [4.78, 5) is 4.75. The lowest BCUT2D eigenvalue weighted by molar-refractivity contribution is 0.409. The lowest BCUT2D eigenvalue weighted by atomic mass is 9.96. The van der Waals surface area contributed by atoms with Gasteiger partial charge in [0.2, 0.25) is 0 Å². The number of rotatable bonds is 5. The summed E-state index contributed by atoms with van der Waals surface area (Å²) in [6.07, 6.45) is 9.74. The van der Waals surface area contributed by atoms with Gasteiger partial charge in [0.05, 0.1) is 11.5 Å². The zero-order valence-corrected chi connectivity index (χ0v) is 18.9. The molecule has 0 aromatic rings. The molecule has 2 aliphatic heterocycles. The van der Waals surface area contributed by atoms with Crippen LogP contribution in [0.25, 0.3) is 0 Å². The lowest BCUT2D eigenvalue weighted by Crippen LogP contribution is -2.46. The molecule has 3 rings (SSSR count). The third-order valence-electron chi connectivity index (χ3n) is 5.30. The van der Waals surface area contributed by atoms with Crippen LogP contribution in [0.5, 0.6) is 0 Å². The van der Waals surface area contributed by atoms with Crippen LogP contribution in [0, 0.1) is 5.92 Å². The fourth-order valence-electron chi connectivity index (χ4n) is 3.85. The van der Waals surface area contributed by atoms with Gasteiger partial charge in [-0.2, -0.15) is 11.8 Å². The van der Waals surface area contributed by atoms with Crippen LogP contribution in [-0.2, 0) is 9.84 Å². The fourth-order valence-corrected chi connectivity index (χ4v) is 6.90. The highest BCUT2D eigenvalue weighted by Gasteiger charge is 2.27. The van der Waals surface area contributed by atoms with E-state index < -0.39 is 9.84 Å². The van der Waals surface area contributed by atoms with Crippen molar-refractivity contribution in [3.8, 4) is 0 Å². The van der Waals surface area contributed by atoms with Gasteiger partial charge in [-0.05, 0) is 43.8 Å². The van der Waals surface area contributed by atoms with Gasteiger partial charge in [-0.25, -0.2) is 8.42 Å². The van der Waals surface area contributed by atoms with E-state index in [-0.39, 0.29) is 29.9 Å². The van der Waals surface area contributed by atoms with Gasteiger partial charge in [-0.3, -0.25) is 4.99 Å². The molecule has 2 heterocycles. The Morgan fingerprint density at radius 2 is 1.88 bits per heavy atom. The summed E-state index contributed by atoms with van der Waals surface area (Å²) in [5.74, 6) is 3.02. The van der Waals surface area contributed by atoms with Crippen LogP contribution in [-0.4, -0.2) is 56.0 Å². The van der Waals surface area contributed by atoms with Gasteiger partial charge in [0.15, 0.2) is 15.8 Å². The first-order valence-corrected chi connectivity index (χ1v) is 12.3. The molecule has 1 saturated carbocycles. The average Bonchev–Trinajstić information content (AvgIpc) is 3.20. The first-order chi connectivity index (χ1) is 11.6. The van der Waals surface area contributed by atoms with Gasteiger partial charge < -0.3 is 10.6 Å². The minimum atomic E-state index is -2.81. The molecule has 2 N–H and O–H groups in total. The van der Waals surface area contributed by atoms with Gasteiger partial charge in [0, 0.05) is 24.4 Å². The van der Waals surface area contributed by atoms with E-state index in [0.29, 0.717) is 29.3 Å². The third-order valence-corrected chi connectivity index (χ3v) is 8.54. The van der Waals surface area contributed by atoms with E-state index in [1.807, 2.05) is 11.8 Å². The van der Waals surface area contributed by atoms with E-state index in [4.69, 9.17) is 4.99 Å². The zero-order chi connectivity index (χ0) is 16.8. The molecule has 0 bridgehead atoms. The monoisotopic (exact) mass is 501 g/mol. The SMILES string of the molecule is I.O=S1(=O)CCC(CN=C(NCC2CCCS2)NC2CCCCC2)C1. The van der Waals surface area contributed by atoms with Crippen LogP contribution in [0.3, 0.4) is 0 Å². The Hall–Kier alpha value is 0.300. The lowest BCUT2D eigenvalue weighted by Gasteiger charge is -2.26. The van der Waals surface area contributed by atoms with Gasteiger partial charge in [-0.1, -0.05) is 19.3 Å². The third kappa shape index (κ3) is 7.44. The summed E-state index contributed by atoms with van der Waals surface area (Å²) in [5, 5.41) is 7.82. The summed E-state index contributed by atoms with van der Waals surface area (Å²) >= 11 is 2.05. The molecule has 0 radical (unpaired) electrons. The summed E-state index contributed by atoms with van der Waals surface area (Å²) in [5.41, 5.74) is 0. The predicted molar refractivity (Wildman–Crippen MR) is 118 cm³/mol. The number of nitrogens with zero attached hydrogens (tertiary/aromatic N) is 1. The molecule has 0 amide bonds.